The van der Waals surface area contributed by atoms with Crippen LogP contribution in [-0.2, 0) is 24.2 Å². The number of guanidine groups is 1. The maximum Gasteiger partial charge on any atom is 0.191 e. The number of benzene rings is 1. The fourth-order valence-electron chi connectivity index (χ4n) is 3.30. The zero-order valence-electron chi connectivity index (χ0n) is 17.4. The van der Waals surface area contributed by atoms with Gasteiger partial charge in [-0.15, -0.1) is 35.3 Å². The molecule has 2 aromatic rings. The predicted octanol–water partition coefficient (Wildman–Crippen LogP) is 3.74. The monoisotopic (exact) mass is 528 g/mol. The molecular weight excluding hydrogens is 495 g/mol. The van der Waals surface area contributed by atoms with Crippen molar-refractivity contribution in [2.45, 2.75) is 26.4 Å². The highest BCUT2D eigenvalue weighted by molar-refractivity contribution is 14.0. The van der Waals surface area contributed by atoms with Gasteiger partial charge in [0.25, 0.3) is 0 Å². The average Bonchev–Trinajstić information content (AvgIpc) is 3.23. The number of ether oxygens (including phenoxy) is 1. The molecule has 29 heavy (non-hydrogen) atoms. The van der Waals surface area contributed by atoms with Crippen LogP contribution < -0.4 is 10.6 Å². The summed E-state index contributed by atoms with van der Waals surface area (Å²) in [5.41, 5.74) is 2.62. The molecule has 0 aliphatic carbocycles. The molecule has 2 N–H and O–H groups in total. The van der Waals surface area contributed by atoms with Crippen LogP contribution in [0, 0.1) is 5.92 Å². The second-order valence-electron chi connectivity index (χ2n) is 7.40. The molecule has 7 heteroatoms. The van der Waals surface area contributed by atoms with E-state index in [1.807, 2.05) is 18.4 Å². The molecule has 1 fully saturated rings. The third kappa shape index (κ3) is 8.62. The highest BCUT2D eigenvalue weighted by atomic mass is 127. The Bertz CT molecular complexity index is 715. The SMILES string of the molecule is CN=C(NCc1ccc(CN2CCOCC2)cc1)NCC(C)Cc1cccs1.I. The first-order chi connectivity index (χ1) is 13.7. The highest BCUT2D eigenvalue weighted by Gasteiger charge is 2.10. The summed E-state index contributed by atoms with van der Waals surface area (Å²) in [6.07, 6.45) is 1.10. The van der Waals surface area contributed by atoms with E-state index in [4.69, 9.17) is 4.74 Å². The molecule has 0 spiro atoms. The minimum absolute atomic E-state index is 0. The van der Waals surface area contributed by atoms with E-state index in [1.165, 1.54) is 16.0 Å². The molecular formula is C22H33IN4OS. The van der Waals surface area contributed by atoms with Crippen molar-refractivity contribution < 1.29 is 4.74 Å². The molecule has 1 aromatic heterocycles. The molecule has 5 nitrogen and oxygen atoms in total. The van der Waals surface area contributed by atoms with E-state index < -0.39 is 0 Å². The third-order valence-electron chi connectivity index (χ3n) is 4.96. The second kappa shape index (κ2) is 13.2. The quantitative estimate of drug-likeness (QED) is 0.312. The summed E-state index contributed by atoms with van der Waals surface area (Å²) in [6.45, 7) is 8.70. The van der Waals surface area contributed by atoms with E-state index in [-0.39, 0.29) is 24.0 Å². The summed E-state index contributed by atoms with van der Waals surface area (Å²) in [6, 6.07) is 13.2. The standard InChI is InChI=1S/C22H32N4OS.HI/c1-18(14-21-4-3-13-28-21)15-24-22(23-2)25-16-19-5-7-20(8-6-19)17-26-9-11-27-12-10-26;/h3-8,13,18H,9-12,14-17H2,1-2H3,(H2,23,24,25);1H. The first-order valence-electron chi connectivity index (χ1n) is 10.1. The number of aliphatic imine (C=N–C) groups is 1. The van der Waals surface area contributed by atoms with E-state index in [2.05, 4.69) is 69.2 Å². The van der Waals surface area contributed by atoms with Crippen molar-refractivity contribution in [2.24, 2.45) is 10.9 Å². The molecule has 1 aliphatic rings. The van der Waals surface area contributed by atoms with Gasteiger partial charge in [0.2, 0.25) is 0 Å². The average molecular weight is 529 g/mol. The Morgan fingerprint density at radius 2 is 1.86 bits per heavy atom. The van der Waals surface area contributed by atoms with Crippen molar-refractivity contribution in [2.75, 3.05) is 39.9 Å². The van der Waals surface area contributed by atoms with Gasteiger partial charge < -0.3 is 15.4 Å². The molecule has 0 radical (unpaired) electrons. The number of nitrogens with one attached hydrogen (secondary N) is 2. The largest absolute Gasteiger partial charge is 0.379 e. The third-order valence-corrected chi connectivity index (χ3v) is 5.86. The van der Waals surface area contributed by atoms with E-state index in [9.17, 15) is 0 Å². The van der Waals surface area contributed by atoms with E-state index in [1.54, 1.807) is 0 Å². The van der Waals surface area contributed by atoms with Gasteiger partial charge in [-0.25, -0.2) is 0 Å². The predicted molar refractivity (Wildman–Crippen MR) is 133 cm³/mol. The van der Waals surface area contributed by atoms with E-state index in [0.717, 1.165) is 58.3 Å². The molecule has 1 saturated heterocycles. The summed E-state index contributed by atoms with van der Waals surface area (Å²) in [5.74, 6) is 1.42. The van der Waals surface area contributed by atoms with Crippen LogP contribution in [0.5, 0.6) is 0 Å². The van der Waals surface area contributed by atoms with Crippen LogP contribution in [0.15, 0.2) is 46.8 Å². The molecule has 2 heterocycles. The van der Waals surface area contributed by atoms with Gasteiger partial charge in [-0.3, -0.25) is 9.89 Å². The molecule has 1 aromatic carbocycles. The zero-order chi connectivity index (χ0) is 19.6. The molecule has 160 valence electrons. The van der Waals surface area contributed by atoms with Crippen LogP contribution in [0.25, 0.3) is 0 Å². The number of hydrogen-bond donors (Lipinski definition) is 2. The van der Waals surface area contributed by atoms with Crippen LogP contribution >= 0.6 is 35.3 Å². The first kappa shape index (κ1) is 24.1. The Labute approximate surface area is 196 Å². The Hall–Kier alpha value is -1.16. The van der Waals surface area contributed by atoms with Crippen LogP contribution in [0.1, 0.15) is 22.9 Å². The van der Waals surface area contributed by atoms with Gasteiger partial charge in [0, 0.05) is 44.6 Å². The summed E-state index contributed by atoms with van der Waals surface area (Å²) in [7, 11) is 1.82. The Morgan fingerprint density at radius 3 is 2.52 bits per heavy atom. The van der Waals surface area contributed by atoms with E-state index in [0.29, 0.717) is 5.92 Å². The van der Waals surface area contributed by atoms with Crippen molar-refractivity contribution in [3.05, 3.63) is 57.8 Å². The zero-order valence-corrected chi connectivity index (χ0v) is 20.5. The fourth-order valence-corrected chi connectivity index (χ4v) is 4.17. The smallest absolute Gasteiger partial charge is 0.191 e. The van der Waals surface area contributed by atoms with Gasteiger partial charge >= 0.3 is 0 Å². The van der Waals surface area contributed by atoms with E-state index >= 15 is 0 Å². The molecule has 0 bridgehead atoms. The molecule has 0 amide bonds. The molecule has 1 atom stereocenters. The molecule has 0 saturated carbocycles. The first-order valence-corrected chi connectivity index (χ1v) is 11.0. The summed E-state index contributed by atoms with van der Waals surface area (Å²) in [5, 5.41) is 9.00. The maximum absolute atomic E-state index is 5.42. The van der Waals surface area contributed by atoms with Crippen molar-refractivity contribution in [3.8, 4) is 0 Å². The number of hydrogen-bond acceptors (Lipinski definition) is 4. The topological polar surface area (TPSA) is 48.9 Å². The molecule has 1 aliphatic heterocycles. The summed E-state index contributed by atoms with van der Waals surface area (Å²) < 4.78 is 5.42. The second-order valence-corrected chi connectivity index (χ2v) is 8.43. The number of morpholine rings is 1. The minimum Gasteiger partial charge on any atom is -0.379 e. The van der Waals surface area contributed by atoms with Gasteiger partial charge in [-0.05, 0) is 34.9 Å². The Kier molecular flexibility index (Phi) is 11.0. The lowest BCUT2D eigenvalue weighted by atomic mass is 10.1. The summed E-state index contributed by atoms with van der Waals surface area (Å²) >= 11 is 1.83. The normalized spacial score (nSPS) is 16.1. The number of rotatable bonds is 8. The van der Waals surface area contributed by atoms with Crippen LogP contribution in [-0.4, -0.2) is 50.8 Å². The van der Waals surface area contributed by atoms with Crippen LogP contribution in [0.3, 0.4) is 0 Å². The maximum atomic E-state index is 5.42. The van der Waals surface area contributed by atoms with Crippen molar-refractivity contribution >= 4 is 41.3 Å². The molecule has 1 unspecified atom stereocenters. The van der Waals surface area contributed by atoms with Gasteiger partial charge in [0.15, 0.2) is 5.96 Å². The van der Waals surface area contributed by atoms with Gasteiger partial charge in [-0.1, -0.05) is 37.3 Å². The lowest BCUT2D eigenvalue weighted by molar-refractivity contribution is 0.0342. The number of nitrogens with zero attached hydrogens (tertiary/aromatic N) is 2. The number of thiophene rings is 1. The van der Waals surface area contributed by atoms with Gasteiger partial charge in [-0.2, -0.15) is 0 Å². The fraction of sp³-hybridized carbons (Fsp3) is 0.500. The van der Waals surface area contributed by atoms with Crippen molar-refractivity contribution in [1.82, 2.24) is 15.5 Å². The van der Waals surface area contributed by atoms with Crippen molar-refractivity contribution in [3.63, 3.8) is 0 Å². The Balaban J connectivity index is 0.00000300. The van der Waals surface area contributed by atoms with Crippen molar-refractivity contribution in [1.29, 1.82) is 0 Å². The lowest BCUT2D eigenvalue weighted by Gasteiger charge is -2.26. The van der Waals surface area contributed by atoms with Gasteiger partial charge in [0.1, 0.15) is 0 Å². The van der Waals surface area contributed by atoms with Crippen LogP contribution in [0.2, 0.25) is 0 Å². The minimum atomic E-state index is 0. The number of halogens is 1. The van der Waals surface area contributed by atoms with Gasteiger partial charge in [0.05, 0.1) is 13.2 Å². The highest BCUT2D eigenvalue weighted by Crippen LogP contribution is 2.14. The lowest BCUT2D eigenvalue weighted by Crippen LogP contribution is -2.39. The van der Waals surface area contributed by atoms with Crippen LogP contribution in [0.4, 0.5) is 0 Å². The molecule has 3 rings (SSSR count). The Morgan fingerprint density at radius 1 is 1.14 bits per heavy atom. The summed E-state index contributed by atoms with van der Waals surface area (Å²) in [4.78, 5) is 8.23.